The van der Waals surface area contributed by atoms with E-state index in [9.17, 15) is 23.1 Å². The van der Waals surface area contributed by atoms with Crippen LogP contribution in [0, 0.1) is 11.8 Å². The molecule has 0 bridgehead atoms. The van der Waals surface area contributed by atoms with E-state index in [0.29, 0.717) is 28.2 Å². The van der Waals surface area contributed by atoms with Gasteiger partial charge < -0.3 is 19.7 Å². The fourth-order valence-electron chi connectivity index (χ4n) is 2.67. The lowest BCUT2D eigenvalue weighted by molar-refractivity contribution is -0.192. The largest absolute Gasteiger partial charge is 0.497 e. The number of aliphatic carboxylic acids is 1. The molecule has 3 aromatic rings. The number of hydrogen-bond acceptors (Lipinski definition) is 5. The van der Waals surface area contributed by atoms with Crippen molar-refractivity contribution in [3.8, 4) is 34.5 Å². The van der Waals surface area contributed by atoms with Crippen LogP contribution in [0.1, 0.15) is 21.5 Å². The van der Waals surface area contributed by atoms with E-state index in [-0.39, 0.29) is 5.56 Å². The molecule has 0 amide bonds. The molecule has 10 heteroatoms. The Balaban J connectivity index is 0.000000509. The number of ether oxygens (including phenoxy) is 2. The number of aromatic nitrogens is 1. The summed E-state index contributed by atoms with van der Waals surface area (Å²) >= 11 is 0. The van der Waals surface area contributed by atoms with Gasteiger partial charge >= 0.3 is 18.1 Å². The fourth-order valence-corrected chi connectivity index (χ4v) is 2.67. The molecule has 0 spiro atoms. The SMILES string of the molecule is COc1cc(OC)cc(-c2c(C#Cc3ccncc3)cccc2C(=O)O)c1.O=C(O)C(F)(F)F. The first-order valence-corrected chi connectivity index (χ1v) is 9.38. The van der Waals surface area contributed by atoms with Crippen molar-refractivity contribution >= 4 is 11.9 Å². The Labute approximate surface area is 192 Å². The summed E-state index contributed by atoms with van der Waals surface area (Å²) < 4.78 is 42.4. The van der Waals surface area contributed by atoms with Crippen molar-refractivity contribution in [2.24, 2.45) is 0 Å². The number of hydrogen-bond donors (Lipinski definition) is 2. The van der Waals surface area contributed by atoms with Crippen LogP contribution in [0.4, 0.5) is 13.2 Å². The van der Waals surface area contributed by atoms with E-state index in [1.54, 1.807) is 75.1 Å². The number of alkyl halides is 3. The van der Waals surface area contributed by atoms with Crippen LogP contribution < -0.4 is 9.47 Å². The maximum atomic E-state index is 11.8. The van der Waals surface area contributed by atoms with Crippen molar-refractivity contribution in [1.82, 2.24) is 4.98 Å². The summed E-state index contributed by atoms with van der Waals surface area (Å²) in [5.74, 6) is 3.47. The molecule has 0 unspecified atom stereocenters. The van der Waals surface area contributed by atoms with Crippen LogP contribution in [-0.2, 0) is 4.79 Å². The van der Waals surface area contributed by atoms with Crippen LogP contribution in [0.5, 0.6) is 11.5 Å². The summed E-state index contributed by atoms with van der Waals surface area (Å²) in [4.78, 5) is 24.7. The smallest absolute Gasteiger partial charge is 0.490 e. The zero-order valence-electron chi connectivity index (χ0n) is 17.9. The molecule has 176 valence electrons. The number of carboxylic acids is 2. The van der Waals surface area contributed by atoms with Crippen LogP contribution >= 0.6 is 0 Å². The van der Waals surface area contributed by atoms with Gasteiger partial charge in [0.15, 0.2) is 0 Å². The van der Waals surface area contributed by atoms with Gasteiger partial charge in [0.1, 0.15) is 11.5 Å². The van der Waals surface area contributed by atoms with E-state index >= 15 is 0 Å². The van der Waals surface area contributed by atoms with Gasteiger partial charge in [-0.3, -0.25) is 4.98 Å². The molecule has 0 aliphatic rings. The lowest BCUT2D eigenvalue weighted by Crippen LogP contribution is -2.21. The maximum absolute atomic E-state index is 11.8. The first-order valence-electron chi connectivity index (χ1n) is 9.38. The molecule has 0 aliphatic heterocycles. The molecule has 2 aromatic carbocycles. The van der Waals surface area contributed by atoms with Gasteiger partial charge in [0, 0.05) is 35.2 Å². The predicted octanol–water partition coefficient (Wildman–Crippen LogP) is 4.50. The predicted molar refractivity (Wildman–Crippen MR) is 116 cm³/mol. The van der Waals surface area contributed by atoms with Crippen molar-refractivity contribution in [2.75, 3.05) is 14.2 Å². The van der Waals surface area contributed by atoms with Gasteiger partial charge in [-0.2, -0.15) is 13.2 Å². The average Bonchev–Trinajstić information content (AvgIpc) is 2.82. The summed E-state index contributed by atoms with van der Waals surface area (Å²) in [5.41, 5.74) is 2.72. The molecule has 2 N–H and O–H groups in total. The van der Waals surface area contributed by atoms with Gasteiger partial charge in [-0.25, -0.2) is 9.59 Å². The molecule has 0 saturated carbocycles. The Morgan fingerprint density at radius 1 is 0.912 bits per heavy atom. The molecule has 34 heavy (non-hydrogen) atoms. The van der Waals surface area contributed by atoms with Crippen LogP contribution in [0.3, 0.4) is 0 Å². The number of rotatable bonds is 4. The molecule has 0 atom stereocenters. The minimum absolute atomic E-state index is 0.159. The third-order valence-corrected chi connectivity index (χ3v) is 4.20. The highest BCUT2D eigenvalue weighted by Gasteiger charge is 2.38. The van der Waals surface area contributed by atoms with Crippen molar-refractivity contribution in [3.05, 3.63) is 77.6 Å². The highest BCUT2D eigenvalue weighted by Crippen LogP contribution is 2.34. The quantitative estimate of drug-likeness (QED) is 0.538. The van der Waals surface area contributed by atoms with E-state index in [1.165, 1.54) is 0 Å². The van der Waals surface area contributed by atoms with Gasteiger partial charge in [-0.05, 0) is 42.0 Å². The molecular weight excluding hydrogens is 455 g/mol. The molecule has 1 aromatic heterocycles. The number of halogens is 3. The summed E-state index contributed by atoms with van der Waals surface area (Å²) in [7, 11) is 3.09. The number of carbonyl (C=O) groups is 2. The number of pyridine rings is 1. The summed E-state index contributed by atoms with van der Waals surface area (Å²) in [6.07, 6.45) is -1.77. The lowest BCUT2D eigenvalue weighted by atomic mass is 9.94. The summed E-state index contributed by atoms with van der Waals surface area (Å²) in [5, 5.41) is 16.8. The number of nitrogens with zero attached hydrogens (tertiary/aromatic N) is 1. The minimum Gasteiger partial charge on any atom is -0.497 e. The summed E-state index contributed by atoms with van der Waals surface area (Å²) in [6, 6.07) is 13.9. The Hall–Kier alpha value is -4.52. The second-order valence-corrected chi connectivity index (χ2v) is 6.42. The van der Waals surface area contributed by atoms with E-state index in [2.05, 4.69) is 16.8 Å². The van der Waals surface area contributed by atoms with Crippen LogP contribution in [0.15, 0.2) is 60.9 Å². The number of aromatic carboxylic acids is 1. The number of carboxylic acid groups (broad SMARTS) is 2. The lowest BCUT2D eigenvalue weighted by Gasteiger charge is -2.12. The van der Waals surface area contributed by atoms with E-state index in [1.807, 2.05) is 0 Å². The second kappa shape index (κ2) is 11.4. The Bertz CT molecular complexity index is 1210. The zero-order valence-corrected chi connectivity index (χ0v) is 17.9. The van der Waals surface area contributed by atoms with Crippen molar-refractivity contribution in [3.63, 3.8) is 0 Å². The summed E-state index contributed by atoms with van der Waals surface area (Å²) in [6.45, 7) is 0. The van der Waals surface area contributed by atoms with E-state index in [0.717, 1.165) is 5.56 Å². The topological polar surface area (TPSA) is 106 Å². The molecule has 7 nitrogen and oxygen atoms in total. The van der Waals surface area contributed by atoms with Gasteiger partial charge in [-0.1, -0.05) is 17.9 Å². The van der Waals surface area contributed by atoms with Crippen LogP contribution in [-0.4, -0.2) is 47.5 Å². The standard InChI is InChI=1S/C22H17NO4.C2HF3O2/c1-26-18-12-17(13-19(14-18)27-2)21-16(4-3-5-20(21)22(24)25)7-6-15-8-10-23-11-9-15;3-2(4,5)1(6)7/h3-5,8-14H,1-2H3,(H,24,25);(H,6,7). The molecule has 1 heterocycles. The highest BCUT2D eigenvalue weighted by molar-refractivity contribution is 5.98. The van der Waals surface area contributed by atoms with E-state index in [4.69, 9.17) is 19.4 Å². The van der Waals surface area contributed by atoms with Gasteiger partial charge in [0.25, 0.3) is 0 Å². The monoisotopic (exact) mass is 473 g/mol. The van der Waals surface area contributed by atoms with Gasteiger partial charge in [0.2, 0.25) is 0 Å². The molecule has 0 fully saturated rings. The van der Waals surface area contributed by atoms with Gasteiger partial charge in [-0.15, -0.1) is 0 Å². The van der Waals surface area contributed by atoms with Crippen molar-refractivity contribution < 1.29 is 42.4 Å². The minimum atomic E-state index is -5.08. The zero-order chi connectivity index (χ0) is 25.3. The Morgan fingerprint density at radius 3 is 1.94 bits per heavy atom. The molecular formula is C24H18F3NO6. The van der Waals surface area contributed by atoms with E-state index < -0.39 is 18.1 Å². The molecule has 0 radical (unpaired) electrons. The van der Waals surface area contributed by atoms with Crippen LogP contribution in [0.25, 0.3) is 11.1 Å². The van der Waals surface area contributed by atoms with Gasteiger partial charge in [0.05, 0.1) is 19.8 Å². The first-order chi connectivity index (χ1) is 16.1. The Morgan fingerprint density at radius 2 is 1.47 bits per heavy atom. The maximum Gasteiger partial charge on any atom is 0.490 e. The van der Waals surface area contributed by atoms with Crippen molar-refractivity contribution in [1.29, 1.82) is 0 Å². The van der Waals surface area contributed by atoms with Crippen LogP contribution in [0.2, 0.25) is 0 Å². The Kier molecular flexibility index (Phi) is 8.61. The normalized spacial score (nSPS) is 10.1. The number of benzene rings is 2. The number of methoxy groups -OCH3 is 2. The second-order valence-electron chi connectivity index (χ2n) is 6.42. The first kappa shape index (κ1) is 25.7. The fraction of sp³-hybridized carbons (Fsp3) is 0.125. The average molecular weight is 473 g/mol. The van der Waals surface area contributed by atoms with Crippen molar-refractivity contribution in [2.45, 2.75) is 6.18 Å². The highest BCUT2D eigenvalue weighted by atomic mass is 19.4. The molecule has 0 saturated heterocycles. The third kappa shape index (κ3) is 7.00. The molecule has 3 rings (SSSR count). The molecule has 0 aliphatic carbocycles. The third-order valence-electron chi connectivity index (χ3n) is 4.20.